The minimum Gasteiger partial charge on any atom is -0.305 e. The summed E-state index contributed by atoms with van der Waals surface area (Å²) in [5.74, 6) is 0.264. The van der Waals surface area contributed by atoms with Crippen LogP contribution in [0.15, 0.2) is 12.3 Å². The molecule has 1 aromatic heterocycles. The Hall–Kier alpha value is -1.16. The fourth-order valence-corrected chi connectivity index (χ4v) is 2.83. The molecule has 1 N–H and O–H groups in total. The van der Waals surface area contributed by atoms with Crippen molar-refractivity contribution in [1.29, 1.82) is 0 Å². The number of ketones is 1. The molecule has 4 nitrogen and oxygen atoms in total. The highest BCUT2D eigenvalue weighted by Gasteiger charge is 2.35. The van der Waals surface area contributed by atoms with Gasteiger partial charge in [0, 0.05) is 6.20 Å². The van der Waals surface area contributed by atoms with Crippen LogP contribution in [-0.2, 0) is 11.2 Å². The first kappa shape index (κ1) is 14.3. The average molecular weight is 263 g/mol. The van der Waals surface area contributed by atoms with E-state index in [1.807, 2.05) is 23.9 Å². The summed E-state index contributed by atoms with van der Waals surface area (Å²) in [5, 5.41) is 7.88. The SMILES string of the molecule is CCC(CC)n1ccc(CC(=O)C2(C)CCCN2)n1. The van der Waals surface area contributed by atoms with Crippen LogP contribution >= 0.6 is 0 Å². The molecule has 2 rings (SSSR count). The van der Waals surface area contributed by atoms with Gasteiger partial charge in [-0.25, -0.2) is 0 Å². The van der Waals surface area contributed by atoms with Crippen molar-refractivity contribution in [1.82, 2.24) is 15.1 Å². The molecular formula is C15H25N3O. The molecule has 0 radical (unpaired) electrons. The van der Waals surface area contributed by atoms with Crippen LogP contribution in [-0.4, -0.2) is 27.6 Å². The van der Waals surface area contributed by atoms with Gasteiger partial charge in [0.15, 0.2) is 5.78 Å². The van der Waals surface area contributed by atoms with Crippen molar-refractivity contribution in [3.05, 3.63) is 18.0 Å². The number of rotatable bonds is 6. The standard InChI is InChI=1S/C15H25N3O/c1-4-13(5-2)18-10-7-12(17-18)11-14(19)15(3)8-6-9-16-15/h7,10,13,16H,4-6,8-9,11H2,1-3H3. The Morgan fingerprint density at radius 3 is 2.84 bits per heavy atom. The molecule has 0 bridgehead atoms. The first-order valence-corrected chi connectivity index (χ1v) is 7.41. The molecule has 1 fully saturated rings. The molecule has 0 amide bonds. The number of nitrogens with one attached hydrogen (secondary N) is 1. The fourth-order valence-electron chi connectivity index (χ4n) is 2.83. The number of hydrogen-bond donors (Lipinski definition) is 1. The van der Waals surface area contributed by atoms with E-state index < -0.39 is 0 Å². The predicted octanol–water partition coefficient (Wildman–Crippen LogP) is 2.50. The lowest BCUT2D eigenvalue weighted by atomic mass is 9.92. The number of carbonyl (C=O) groups is 1. The van der Waals surface area contributed by atoms with Crippen LogP contribution in [0.5, 0.6) is 0 Å². The summed E-state index contributed by atoms with van der Waals surface area (Å²) in [5.41, 5.74) is 0.561. The van der Waals surface area contributed by atoms with E-state index in [1.54, 1.807) is 0 Å². The van der Waals surface area contributed by atoms with Gasteiger partial charge >= 0.3 is 0 Å². The number of carbonyl (C=O) groups excluding carboxylic acids is 1. The number of nitrogens with zero attached hydrogens (tertiary/aromatic N) is 2. The monoisotopic (exact) mass is 263 g/mol. The van der Waals surface area contributed by atoms with Crippen LogP contribution in [0.1, 0.15) is 58.2 Å². The maximum Gasteiger partial charge on any atom is 0.158 e. The second-order valence-corrected chi connectivity index (χ2v) is 5.72. The van der Waals surface area contributed by atoms with Gasteiger partial charge in [0.1, 0.15) is 0 Å². The lowest BCUT2D eigenvalue weighted by Crippen LogP contribution is -2.45. The van der Waals surface area contributed by atoms with E-state index in [2.05, 4.69) is 24.3 Å². The maximum atomic E-state index is 12.3. The van der Waals surface area contributed by atoms with Gasteiger partial charge in [0.2, 0.25) is 0 Å². The van der Waals surface area contributed by atoms with Crippen molar-refractivity contribution in [2.75, 3.05) is 6.54 Å². The van der Waals surface area contributed by atoms with Crippen LogP contribution in [0.25, 0.3) is 0 Å². The minimum atomic E-state index is -0.335. The summed E-state index contributed by atoms with van der Waals surface area (Å²) in [4.78, 5) is 12.3. The lowest BCUT2D eigenvalue weighted by Gasteiger charge is -2.22. The van der Waals surface area contributed by atoms with Gasteiger partial charge in [0.25, 0.3) is 0 Å². The van der Waals surface area contributed by atoms with Crippen molar-refractivity contribution < 1.29 is 4.79 Å². The highest BCUT2D eigenvalue weighted by Crippen LogP contribution is 2.21. The highest BCUT2D eigenvalue weighted by molar-refractivity contribution is 5.89. The van der Waals surface area contributed by atoms with Crippen LogP contribution in [0.4, 0.5) is 0 Å². The third-order valence-corrected chi connectivity index (χ3v) is 4.31. The van der Waals surface area contributed by atoms with E-state index in [-0.39, 0.29) is 11.3 Å². The lowest BCUT2D eigenvalue weighted by molar-refractivity contribution is -0.123. The molecule has 1 aliphatic rings. The molecule has 1 aliphatic heterocycles. The van der Waals surface area contributed by atoms with E-state index in [0.717, 1.165) is 37.9 Å². The van der Waals surface area contributed by atoms with Crippen molar-refractivity contribution in [2.45, 2.75) is 64.5 Å². The molecule has 0 saturated carbocycles. The van der Waals surface area contributed by atoms with Gasteiger partial charge in [-0.15, -0.1) is 0 Å². The van der Waals surface area contributed by atoms with E-state index in [4.69, 9.17) is 0 Å². The van der Waals surface area contributed by atoms with Crippen LogP contribution < -0.4 is 5.32 Å². The molecule has 1 aromatic rings. The van der Waals surface area contributed by atoms with Gasteiger partial charge in [-0.1, -0.05) is 13.8 Å². The second-order valence-electron chi connectivity index (χ2n) is 5.72. The smallest absolute Gasteiger partial charge is 0.158 e. The average Bonchev–Trinajstić information content (AvgIpc) is 3.02. The summed E-state index contributed by atoms with van der Waals surface area (Å²) < 4.78 is 2.01. The summed E-state index contributed by atoms with van der Waals surface area (Å²) in [6.07, 6.45) is 6.63. The molecule has 1 atom stereocenters. The molecule has 19 heavy (non-hydrogen) atoms. The van der Waals surface area contributed by atoms with Gasteiger partial charge < -0.3 is 5.32 Å². The zero-order valence-corrected chi connectivity index (χ0v) is 12.3. The van der Waals surface area contributed by atoms with Gasteiger partial charge in [-0.05, 0) is 45.2 Å². The van der Waals surface area contributed by atoms with Crippen molar-refractivity contribution in [2.24, 2.45) is 0 Å². The van der Waals surface area contributed by atoms with Crippen molar-refractivity contribution >= 4 is 5.78 Å². The molecule has 1 unspecified atom stereocenters. The first-order chi connectivity index (χ1) is 9.09. The van der Waals surface area contributed by atoms with E-state index in [1.165, 1.54) is 0 Å². The molecule has 0 spiro atoms. The molecule has 2 heterocycles. The number of aromatic nitrogens is 2. The fraction of sp³-hybridized carbons (Fsp3) is 0.733. The molecule has 0 aromatic carbocycles. The number of Topliss-reactive ketones (excluding diaryl/α,β-unsaturated/α-hetero) is 1. The zero-order valence-electron chi connectivity index (χ0n) is 12.3. The second kappa shape index (κ2) is 5.87. The topological polar surface area (TPSA) is 46.9 Å². The van der Waals surface area contributed by atoms with E-state index in [9.17, 15) is 4.79 Å². The van der Waals surface area contributed by atoms with Crippen molar-refractivity contribution in [3.8, 4) is 0 Å². The zero-order chi connectivity index (χ0) is 13.9. The highest BCUT2D eigenvalue weighted by atomic mass is 16.1. The summed E-state index contributed by atoms with van der Waals surface area (Å²) in [7, 11) is 0. The van der Waals surface area contributed by atoms with Gasteiger partial charge in [0.05, 0.1) is 23.7 Å². The Bertz CT molecular complexity index is 428. The van der Waals surface area contributed by atoms with Crippen LogP contribution in [0.2, 0.25) is 0 Å². The predicted molar refractivity (Wildman–Crippen MR) is 76.2 cm³/mol. The Balaban J connectivity index is 2.01. The quantitative estimate of drug-likeness (QED) is 0.857. The normalized spacial score (nSPS) is 23.2. The third-order valence-electron chi connectivity index (χ3n) is 4.31. The Kier molecular flexibility index (Phi) is 4.40. The Morgan fingerprint density at radius 1 is 1.53 bits per heavy atom. The molecule has 4 heteroatoms. The molecule has 106 valence electrons. The van der Waals surface area contributed by atoms with E-state index >= 15 is 0 Å². The first-order valence-electron chi connectivity index (χ1n) is 7.41. The van der Waals surface area contributed by atoms with Crippen LogP contribution in [0, 0.1) is 0 Å². The third kappa shape index (κ3) is 3.06. The summed E-state index contributed by atoms with van der Waals surface area (Å²) in [6, 6.07) is 2.43. The van der Waals surface area contributed by atoms with Gasteiger partial charge in [-0.2, -0.15) is 5.10 Å². The van der Waals surface area contributed by atoms with Crippen LogP contribution in [0.3, 0.4) is 0 Å². The van der Waals surface area contributed by atoms with Crippen molar-refractivity contribution in [3.63, 3.8) is 0 Å². The molecule has 0 aliphatic carbocycles. The molecular weight excluding hydrogens is 238 g/mol. The largest absolute Gasteiger partial charge is 0.305 e. The maximum absolute atomic E-state index is 12.3. The number of hydrogen-bond acceptors (Lipinski definition) is 3. The van der Waals surface area contributed by atoms with E-state index in [0.29, 0.717) is 12.5 Å². The minimum absolute atomic E-state index is 0.264. The molecule has 1 saturated heterocycles. The Labute approximate surface area is 115 Å². The van der Waals surface area contributed by atoms with Gasteiger partial charge in [-0.3, -0.25) is 9.48 Å². The summed E-state index contributed by atoms with van der Waals surface area (Å²) in [6.45, 7) is 7.30. The Morgan fingerprint density at radius 2 is 2.26 bits per heavy atom. The summed E-state index contributed by atoms with van der Waals surface area (Å²) >= 11 is 0.